The van der Waals surface area contributed by atoms with Crippen molar-refractivity contribution in [1.29, 1.82) is 0 Å². The van der Waals surface area contributed by atoms with Gasteiger partial charge < -0.3 is 10.1 Å². The number of hydrogen-bond donors (Lipinski definition) is 1. The molecule has 1 aromatic rings. The van der Waals surface area contributed by atoms with Crippen molar-refractivity contribution in [3.05, 3.63) is 23.4 Å². The molecule has 2 rings (SSSR count). The molecule has 1 fully saturated rings. The van der Waals surface area contributed by atoms with Crippen LogP contribution >= 0.6 is 24.0 Å². The number of nitrogens with zero attached hydrogens (tertiary/aromatic N) is 1. The molecule has 2 heterocycles. The van der Waals surface area contributed by atoms with Crippen molar-refractivity contribution in [3.63, 3.8) is 0 Å². The van der Waals surface area contributed by atoms with Crippen LogP contribution in [-0.2, 0) is 0 Å². The van der Waals surface area contributed by atoms with Crippen LogP contribution in [0.1, 0.15) is 12.8 Å². The molecule has 0 bridgehead atoms. The standard InChI is InChI=1S/C10H13ClN2O.ClH/c11-8-1-2-10(13-7-8)14-9-3-5-12-6-4-9;/h1-2,7,9,12H,3-6H2;1H. The molecule has 0 amide bonds. The van der Waals surface area contributed by atoms with E-state index in [-0.39, 0.29) is 12.4 Å². The summed E-state index contributed by atoms with van der Waals surface area (Å²) < 4.78 is 5.70. The Hall–Kier alpha value is -0.510. The molecule has 0 aliphatic carbocycles. The van der Waals surface area contributed by atoms with Gasteiger partial charge in [-0.3, -0.25) is 0 Å². The zero-order valence-electron chi connectivity index (χ0n) is 8.28. The van der Waals surface area contributed by atoms with Gasteiger partial charge >= 0.3 is 0 Å². The summed E-state index contributed by atoms with van der Waals surface area (Å²) >= 11 is 5.73. The summed E-state index contributed by atoms with van der Waals surface area (Å²) in [5, 5.41) is 3.93. The Balaban J connectivity index is 0.00000112. The van der Waals surface area contributed by atoms with E-state index in [0.29, 0.717) is 17.0 Å². The van der Waals surface area contributed by atoms with Gasteiger partial charge in [-0.25, -0.2) is 4.98 Å². The molecule has 1 aliphatic rings. The largest absolute Gasteiger partial charge is 0.474 e. The lowest BCUT2D eigenvalue weighted by molar-refractivity contribution is 0.156. The molecule has 0 atom stereocenters. The van der Waals surface area contributed by atoms with E-state index >= 15 is 0 Å². The summed E-state index contributed by atoms with van der Waals surface area (Å²) in [6.07, 6.45) is 4.00. The maximum Gasteiger partial charge on any atom is 0.213 e. The fraction of sp³-hybridized carbons (Fsp3) is 0.500. The fourth-order valence-electron chi connectivity index (χ4n) is 1.52. The highest BCUT2D eigenvalue weighted by atomic mass is 35.5. The van der Waals surface area contributed by atoms with Crippen LogP contribution in [0.25, 0.3) is 0 Å². The average Bonchev–Trinajstić information content (AvgIpc) is 2.23. The van der Waals surface area contributed by atoms with E-state index in [2.05, 4.69) is 10.3 Å². The molecule has 15 heavy (non-hydrogen) atoms. The van der Waals surface area contributed by atoms with Crippen molar-refractivity contribution in [1.82, 2.24) is 10.3 Å². The van der Waals surface area contributed by atoms with Gasteiger partial charge in [0.25, 0.3) is 0 Å². The monoisotopic (exact) mass is 248 g/mol. The zero-order valence-corrected chi connectivity index (χ0v) is 9.85. The summed E-state index contributed by atoms with van der Waals surface area (Å²) in [5.41, 5.74) is 0. The van der Waals surface area contributed by atoms with Crippen LogP contribution in [0.3, 0.4) is 0 Å². The lowest BCUT2D eigenvalue weighted by atomic mass is 10.1. The number of rotatable bonds is 2. The van der Waals surface area contributed by atoms with Crippen molar-refractivity contribution < 1.29 is 4.74 Å². The lowest BCUT2D eigenvalue weighted by Crippen LogP contribution is -2.34. The van der Waals surface area contributed by atoms with Crippen molar-refractivity contribution in [2.45, 2.75) is 18.9 Å². The summed E-state index contributed by atoms with van der Waals surface area (Å²) in [4.78, 5) is 4.10. The smallest absolute Gasteiger partial charge is 0.213 e. The lowest BCUT2D eigenvalue weighted by Gasteiger charge is -2.23. The summed E-state index contributed by atoms with van der Waals surface area (Å²) in [6, 6.07) is 3.61. The number of ether oxygens (including phenoxy) is 1. The third-order valence-electron chi connectivity index (χ3n) is 2.27. The minimum Gasteiger partial charge on any atom is -0.474 e. The van der Waals surface area contributed by atoms with Crippen LogP contribution in [0.5, 0.6) is 5.88 Å². The maximum absolute atomic E-state index is 5.73. The van der Waals surface area contributed by atoms with Gasteiger partial charge in [-0.2, -0.15) is 0 Å². The molecule has 0 spiro atoms. The van der Waals surface area contributed by atoms with Crippen molar-refractivity contribution in [2.75, 3.05) is 13.1 Å². The van der Waals surface area contributed by atoms with E-state index in [0.717, 1.165) is 25.9 Å². The van der Waals surface area contributed by atoms with Crippen LogP contribution < -0.4 is 10.1 Å². The van der Waals surface area contributed by atoms with Gasteiger partial charge in [-0.05, 0) is 32.0 Å². The Morgan fingerprint density at radius 2 is 2.07 bits per heavy atom. The number of halogens is 2. The molecular formula is C10H14Cl2N2O. The summed E-state index contributed by atoms with van der Waals surface area (Å²) in [7, 11) is 0. The third kappa shape index (κ3) is 3.86. The Bertz CT molecular complexity index is 286. The van der Waals surface area contributed by atoms with E-state index in [9.17, 15) is 0 Å². The van der Waals surface area contributed by atoms with Crippen LogP contribution in [0.15, 0.2) is 18.3 Å². The molecule has 1 N–H and O–H groups in total. The van der Waals surface area contributed by atoms with Crippen LogP contribution in [-0.4, -0.2) is 24.2 Å². The molecular weight excluding hydrogens is 235 g/mol. The van der Waals surface area contributed by atoms with Crippen LogP contribution in [0.4, 0.5) is 0 Å². The van der Waals surface area contributed by atoms with E-state index in [1.54, 1.807) is 12.3 Å². The van der Waals surface area contributed by atoms with E-state index in [4.69, 9.17) is 16.3 Å². The minimum atomic E-state index is 0. The van der Waals surface area contributed by atoms with Gasteiger partial charge in [-0.15, -0.1) is 12.4 Å². The highest BCUT2D eigenvalue weighted by molar-refractivity contribution is 6.30. The molecule has 0 unspecified atom stereocenters. The third-order valence-corrected chi connectivity index (χ3v) is 2.50. The van der Waals surface area contributed by atoms with Gasteiger partial charge in [-0.1, -0.05) is 11.6 Å². The number of piperidine rings is 1. The molecule has 0 saturated carbocycles. The highest BCUT2D eigenvalue weighted by Gasteiger charge is 2.14. The maximum atomic E-state index is 5.73. The molecule has 0 aromatic carbocycles. The van der Waals surface area contributed by atoms with Crippen LogP contribution in [0, 0.1) is 0 Å². The number of nitrogens with one attached hydrogen (secondary N) is 1. The Labute approximate surface area is 101 Å². The molecule has 1 saturated heterocycles. The number of aromatic nitrogens is 1. The van der Waals surface area contributed by atoms with E-state index in [1.165, 1.54) is 0 Å². The second-order valence-electron chi connectivity index (χ2n) is 3.38. The second-order valence-corrected chi connectivity index (χ2v) is 3.82. The van der Waals surface area contributed by atoms with Crippen molar-refractivity contribution in [3.8, 4) is 5.88 Å². The first-order chi connectivity index (χ1) is 6.84. The Kier molecular flexibility index (Phi) is 5.15. The van der Waals surface area contributed by atoms with Crippen LogP contribution in [0.2, 0.25) is 5.02 Å². The van der Waals surface area contributed by atoms with Gasteiger partial charge in [0.1, 0.15) is 6.10 Å². The Morgan fingerprint density at radius 3 is 2.67 bits per heavy atom. The average molecular weight is 249 g/mol. The molecule has 0 radical (unpaired) electrons. The van der Waals surface area contributed by atoms with E-state index < -0.39 is 0 Å². The summed E-state index contributed by atoms with van der Waals surface area (Å²) in [6.45, 7) is 2.05. The van der Waals surface area contributed by atoms with Gasteiger partial charge in [0.05, 0.1) is 5.02 Å². The topological polar surface area (TPSA) is 34.1 Å². The summed E-state index contributed by atoms with van der Waals surface area (Å²) in [5.74, 6) is 0.668. The van der Waals surface area contributed by atoms with Crippen molar-refractivity contribution >= 4 is 24.0 Å². The highest BCUT2D eigenvalue weighted by Crippen LogP contribution is 2.15. The fourth-order valence-corrected chi connectivity index (χ4v) is 1.63. The second kappa shape index (κ2) is 6.16. The predicted octanol–water partition coefficient (Wildman–Crippen LogP) is 2.29. The quantitative estimate of drug-likeness (QED) is 0.873. The number of hydrogen-bond acceptors (Lipinski definition) is 3. The molecule has 5 heteroatoms. The first-order valence-corrected chi connectivity index (χ1v) is 5.21. The normalized spacial score (nSPS) is 16.9. The van der Waals surface area contributed by atoms with Gasteiger partial charge in [0, 0.05) is 12.3 Å². The first kappa shape index (κ1) is 12.6. The van der Waals surface area contributed by atoms with Crippen molar-refractivity contribution in [2.24, 2.45) is 0 Å². The van der Waals surface area contributed by atoms with E-state index in [1.807, 2.05) is 6.07 Å². The van der Waals surface area contributed by atoms with Gasteiger partial charge in [0.2, 0.25) is 5.88 Å². The Morgan fingerprint density at radius 1 is 1.33 bits per heavy atom. The SMILES string of the molecule is Cl.Clc1ccc(OC2CCNCC2)nc1. The molecule has 84 valence electrons. The molecule has 1 aliphatic heterocycles. The first-order valence-electron chi connectivity index (χ1n) is 4.83. The number of pyridine rings is 1. The van der Waals surface area contributed by atoms with Gasteiger partial charge in [0.15, 0.2) is 0 Å². The zero-order chi connectivity index (χ0) is 9.80. The predicted molar refractivity (Wildman–Crippen MR) is 63.0 cm³/mol. The molecule has 1 aromatic heterocycles. The minimum absolute atomic E-state index is 0. The molecule has 3 nitrogen and oxygen atoms in total.